The van der Waals surface area contributed by atoms with Gasteiger partial charge in [-0.1, -0.05) is 0 Å². The first kappa shape index (κ1) is 19.0. The van der Waals surface area contributed by atoms with Crippen molar-refractivity contribution < 1.29 is 14.3 Å². The van der Waals surface area contributed by atoms with E-state index in [1.165, 1.54) is 0 Å². The van der Waals surface area contributed by atoms with Crippen LogP contribution in [-0.4, -0.2) is 99.0 Å². The first-order chi connectivity index (χ1) is 12.1. The van der Waals surface area contributed by atoms with Gasteiger partial charge in [0.2, 0.25) is 5.91 Å². The first-order valence-corrected chi connectivity index (χ1v) is 9.78. The third-order valence-electron chi connectivity index (χ3n) is 5.93. The fourth-order valence-corrected chi connectivity index (χ4v) is 4.44. The van der Waals surface area contributed by atoms with Crippen molar-refractivity contribution in [3.63, 3.8) is 0 Å². The second kappa shape index (κ2) is 8.77. The SMILES string of the molecule is CC(CC1(CC(C)N2CCOCC2)NCCNC1=O)N1CCOCC1. The number of nitrogens with zero attached hydrogens (tertiary/aromatic N) is 2. The molecule has 2 unspecified atom stereocenters. The maximum Gasteiger partial charge on any atom is 0.240 e. The molecule has 25 heavy (non-hydrogen) atoms. The fraction of sp³-hybridized carbons (Fsp3) is 0.944. The van der Waals surface area contributed by atoms with Gasteiger partial charge in [0, 0.05) is 51.4 Å². The molecule has 3 saturated heterocycles. The van der Waals surface area contributed by atoms with Gasteiger partial charge in [0.15, 0.2) is 0 Å². The fourth-order valence-electron chi connectivity index (χ4n) is 4.44. The smallest absolute Gasteiger partial charge is 0.240 e. The summed E-state index contributed by atoms with van der Waals surface area (Å²) in [7, 11) is 0. The van der Waals surface area contributed by atoms with Crippen LogP contribution in [0.3, 0.4) is 0 Å². The molecule has 7 nitrogen and oxygen atoms in total. The van der Waals surface area contributed by atoms with E-state index in [2.05, 4.69) is 34.3 Å². The summed E-state index contributed by atoms with van der Waals surface area (Å²) in [6.07, 6.45) is 1.68. The minimum Gasteiger partial charge on any atom is -0.379 e. The number of carbonyl (C=O) groups excluding carboxylic acids is 1. The lowest BCUT2D eigenvalue weighted by molar-refractivity contribution is -0.131. The van der Waals surface area contributed by atoms with E-state index in [4.69, 9.17) is 9.47 Å². The van der Waals surface area contributed by atoms with E-state index in [0.717, 1.165) is 78.5 Å². The van der Waals surface area contributed by atoms with Crippen LogP contribution in [0.15, 0.2) is 0 Å². The van der Waals surface area contributed by atoms with E-state index in [9.17, 15) is 4.79 Å². The Morgan fingerprint density at radius 2 is 1.40 bits per heavy atom. The summed E-state index contributed by atoms with van der Waals surface area (Å²) in [5.74, 6) is 0.166. The lowest BCUT2D eigenvalue weighted by atomic mass is 9.82. The van der Waals surface area contributed by atoms with Crippen LogP contribution in [0, 0.1) is 0 Å². The zero-order valence-corrected chi connectivity index (χ0v) is 15.8. The zero-order valence-electron chi connectivity index (χ0n) is 15.8. The van der Waals surface area contributed by atoms with Crippen LogP contribution in [0.4, 0.5) is 0 Å². The summed E-state index contributed by atoms with van der Waals surface area (Å²) in [5, 5.41) is 6.70. The quantitative estimate of drug-likeness (QED) is 0.681. The Kier molecular flexibility index (Phi) is 6.68. The van der Waals surface area contributed by atoms with Crippen LogP contribution in [0.25, 0.3) is 0 Å². The van der Waals surface area contributed by atoms with Gasteiger partial charge in [0.25, 0.3) is 0 Å². The highest BCUT2D eigenvalue weighted by Gasteiger charge is 2.43. The summed E-state index contributed by atoms with van der Waals surface area (Å²) >= 11 is 0. The van der Waals surface area contributed by atoms with Gasteiger partial charge in [-0.05, 0) is 26.7 Å². The van der Waals surface area contributed by atoms with Crippen molar-refractivity contribution in [3.05, 3.63) is 0 Å². The zero-order chi connectivity index (χ0) is 17.7. The predicted molar refractivity (Wildman–Crippen MR) is 96.7 cm³/mol. The molecule has 0 saturated carbocycles. The van der Waals surface area contributed by atoms with Crippen LogP contribution in [-0.2, 0) is 14.3 Å². The number of morpholine rings is 2. The van der Waals surface area contributed by atoms with Gasteiger partial charge in [0.05, 0.1) is 26.4 Å². The lowest BCUT2D eigenvalue weighted by Gasteiger charge is -2.45. The van der Waals surface area contributed by atoms with E-state index in [1.54, 1.807) is 0 Å². The summed E-state index contributed by atoms with van der Waals surface area (Å²) in [4.78, 5) is 17.8. The predicted octanol–water partition coefficient (Wildman–Crippen LogP) is -0.334. The number of nitrogens with one attached hydrogen (secondary N) is 2. The highest BCUT2D eigenvalue weighted by Crippen LogP contribution is 2.27. The number of rotatable bonds is 6. The summed E-state index contributed by atoms with van der Waals surface area (Å²) in [5.41, 5.74) is -0.478. The van der Waals surface area contributed by atoms with Crippen LogP contribution in [0.2, 0.25) is 0 Å². The molecule has 0 aliphatic carbocycles. The second-order valence-electron chi connectivity index (χ2n) is 7.67. The Balaban J connectivity index is 1.67. The third kappa shape index (κ3) is 4.71. The van der Waals surface area contributed by atoms with E-state index in [0.29, 0.717) is 12.1 Å². The van der Waals surface area contributed by atoms with Crippen molar-refractivity contribution in [2.75, 3.05) is 65.7 Å². The minimum atomic E-state index is -0.478. The molecule has 1 amide bonds. The van der Waals surface area contributed by atoms with Gasteiger partial charge in [-0.3, -0.25) is 14.6 Å². The molecule has 0 aromatic heterocycles. The van der Waals surface area contributed by atoms with Crippen molar-refractivity contribution in [2.24, 2.45) is 0 Å². The van der Waals surface area contributed by atoms with Gasteiger partial charge in [-0.2, -0.15) is 0 Å². The summed E-state index contributed by atoms with van der Waals surface area (Å²) in [6, 6.07) is 0.717. The van der Waals surface area contributed by atoms with Crippen LogP contribution >= 0.6 is 0 Å². The molecule has 0 radical (unpaired) electrons. The van der Waals surface area contributed by atoms with E-state index < -0.39 is 5.54 Å². The molecule has 3 fully saturated rings. The van der Waals surface area contributed by atoms with Gasteiger partial charge in [-0.15, -0.1) is 0 Å². The highest BCUT2D eigenvalue weighted by molar-refractivity contribution is 5.87. The largest absolute Gasteiger partial charge is 0.379 e. The van der Waals surface area contributed by atoms with Gasteiger partial charge in [0.1, 0.15) is 5.54 Å². The summed E-state index contributed by atoms with van der Waals surface area (Å²) in [6.45, 7) is 13.1. The van der Waals surface area contributed by atoms with Crippen LogP contribution in [0.5, 0.6) is 0 Å². The van der Waals surface area contributed by atoms with Crippen molar-refractivity contribution in [2.45, 2.75) is 44.3 Å². The Morgan fingerprint density at radius 1 is 0.920 bits per heavy atom. The molecule has 3 aliphatic heterocycles. The van der Waals surface area contributed by atoms with Crippen LogP contribution < -0.4 is 10.6 Å². The molecule has 7 heteroatoms. The number of hydrogen-bond acceptors (Lipinski definition) is 6. The Morgan fingerprint density at radius 3 is 1.84 bits per heavy atom. The molecule has 3 aliphatic rings. The monoisotopic (exact) mass is 354 g/mol. The van der Waals surface area contributed by atoms with E-state index >= 15 is 0 Å². The molecule has 3 rings (SSSR count). The van der Waals surface area contributed by atoms with Crippen molar-refractivity contribution >= 4 is 5.91 Å². The van der Waals surface area contributed by atoms with Crippen molar-refractivity contribution in [1.82, 2.24) is 20.4 Å². The number of amides is 1. The number of hydrogen-bond donors (Lipinski definition) is 2. The minimum absolute atomic E-state index is 0.166. The molecule has 144 valence electrons. The average Bonchev–Trinajstić information content (AvgIpc) is 2.65. The van der Waals surface area contributed by atoms with Gasteiger partial charge >= 0.3 is 0 Å². The van der Waals surface area contributed by atoms with E-state index in [-0.39, 0.29) is 5.91 Å². The molecule has 2 atom stereocenters. The summed E-state index contributed by atoms with van der Waals surface area (Å²) < 4.78 is 10.9. The average molecular weight is 354 g/mol. The first-order valence-electron chi connectivity index (χ1n) is 9.78. The molecule has 0 aromatic carbocycles. The second-order valence-corrected chi connectivity index (χ2v) is 7.67. The standard InChI is InChI=1S/C18H34N4O3/c1-15(21-5-9-24-10-6-21)13-18(17(23)19-3-4-20-18)14-16(2)22-7-11-25-12-8-22/h15-16,20H,3-14H2,1-2H3,(H,19,23). The topological polar surface area (TPSA) is 66.1 Å². The number of carbonyl (C=O) groups is 1. The van der Waals surface area contributed by atoms with E-state index in [1.807, 2.05) is 0 Å². The molecule has 3 heterocycles. The third-order valence-corrected chi connectivity index (χ3v) is 5.93. The molecule has 2 N–H and O–H groups in total. The Bertz CT molecular complexity index is 410. The van der Waals surface area contributed by atoms with Crippen molar-refractivity contribution in [3.8, 4) is 0 Å². The number of ether oxygens (including phenoxy) is 2. The maximum absolute atomic E-state index is 12.9. The van der Waals surface area contributed by atoms with Crippen LogP contribution in [0.1, 0.15) is 26.7 Å². The Labute approximate surface area is 151 Å². The Hall–Kier alpha value is -0.730. The number of piperazine rings is 1. The van der Waals surface area contributed by atoms with Crippen molar-refractivity contribution in [1.29, 1.82) is 0 Å². The molecular formula is C18H34N4O3. The van der Waals surface area contributed by atoms with Gasteiger partial charge in [-0.25, -0.2) is 0 Å². The molecular weight excluding hydrogens is 320 g/mol. The molecule has 0 aromatic rings. The highest BCUT2D eigenvalue weighted by atomic mass is 16.5. The molecule has 0 bridgehead atoms. The normalized spacial score (nSPS) is 32.2. The maximum atomic E-state index is 12.9. The van der Waals surface area contributed by atoms with Gasteiger partial charge < -0.3 is 20.1 Å². The molecule has 0 spiro atoms. The lowest BCUT2D eigenvalue weighted by Crippen LogP contribution is -2.67.